The van der Waals surface area contributed by atoms with Crippen LogP contribution in [0.5, 0.6) is 5.75 Å². The molecule has 0 atom stereocenters. The summed E-state index contributed by atoms with van der Waals surface area (Å²) in [4.78, 5) is 24.2. The molecule has 11 heteroatoms. The molecule has 0 saturated carbocycles. The van der Waals surface area contributed by atoms with Crippen molar-refractivity contribution in [1.82, 2.24) is 9.80 Å². The van der Waals surface area contributed by atoms with Crippen LogP contribution in [-0.4, -0.2) is 63.2 Å². The highest BCUT2D eigenvalue weighted by Gasteiger charge is 2.26. The fourth-order valence-corrected chi connectivity index (χ4v) is 5.33. The molecule has 0 spiro atoms. The lowest BCUT2D eigenvalue weighted by atomic mass is 10.1. The number of rotatable bonds is 13. The minimum absolute atomic E-state index is 0.130. The quantitative estimate of drug-likeness (QED) is 0.134. The van der Waals surface area contributed by atoms with Crippen molar-refractivity contribution in [3.8, 4) is 5.75 Å². The Morgan fingerprint density at radius 2 is 1.74 bits per heavy atom. The van der Waals surface area contributed by atoms with Gasteiger partial charge in [-0.15, -0.1) is 0 Å². The van der Waals surface area contributed by atoms with Crippen LogP contribution >= 0.6 is 23.0 Å². The number of amides is 1. The van der Waals surface area contributed by atoms with Crippen molar-refractivity contribution >= 4 is 63.3 Å². The highest BCUT2D eigenvalue weighted by molar-refractivity contribution is 14.1. The number of sulfonamides is 1. The first kappa shape index (κ1) is 31.5. The number of anilines is 1. The van der Waals surface area contributed by atoms with Gasteiger partial charge in [0.1, 0.15) is 10.6 Å². The highest BCUT2D eigenvalue weighted by atomic mass is 127. The fraction of sp³-hybridized carbons (Fsp3) is 0.179. The van der Waals surface area contributed by atoms with Crippen LogP contribution in [-0.2, 0) is 14.8 Å². The number of allylic oxidation sites excluding steroid dienone is 4. The van der Waals surface area contributed by atoms with Crippen LogP contribution in [0.3, 0.4) is 0 Å². The van der Waals surface area contributed by atoms with E-state index >= 15 is 0 Å². The number of nitrogens with zero attached hydrogens (tertiary/aromatic N) is 4. The van der Waals surface area contributed by atoms with E-state index in [1.165, 1.54) is 30.5 Å². The summed E-state index contributed by atoms with van der Waals surface area (Å²) in [6.07, 6.45) is 7.12. The molecule has 0 radical (unpaired) electrons. The number of hydrogen-bond acceptors (Lipinski definition) is 7. The molecule has 0 bridgehead atoms. The maximum absolute atomic E-state index is 13.3. The molecule has 206 valence electrons. The van der Waals surface area contributed by atoms with Crippen LogP contribution in [0.2, 0.25) is 0 Å². The normalized spacial score (nSPS) is 14.8. The molecule has 1 N–H and O–H groups in total. The van der Waals surface area contributed by atoms with Gasteiger partial charge in [-0.05, 0) is 43.5 Å². The number of hydrogen-bond donors (Lipinski definition) is 1. The molecule has 1 aliphatic rings. The summed E-state index contributed by atoms with van der Waals surface area (Å²) < 4.78 is 34.6. The monoisotopic (exact) mass is 661 g/mol. The maximum Gasteiger partial charge on any atom is 0.272 e. The molecule has 2 rings (SSSR count). The van der Waals surface area contributed by atoms with Crippen molar-refractivity contribution in [2.45, 2.75) is 6.92 Å². The second kappa shape index (κ2) is 14.4. The van der Waals surface area contributed by atoms with Gasteiger partial charge in [0.2, 0.25) is 0 Å². The number of halogens is 1. The van der Waals surface area contributed by atoms with Gasteiger partial charge in [0.15, 0.2) is 28.8 Å². The predicted octanol–water partition coefficient (Wildman–Crippen LogP) is 5.27. The van der Waals surface area contributed by atoms with Gasteiger partial charge < -0.3 is 12.9 Å². The van der Waals surface area contributed by atoms with Crippen molar-refractivity contribution in [2.24, 2.45) is 9.98 Å². The van der Waals surface area contributed by atoms with Gasteiger partial charge in [0, 0.05) is 43.7 Å². The van der Waals surface area contributed by atoms with E-state index < -0.39 is 10.0 Å². The van der Waals surface area contributed by atoms with Crippen molar-refractivity contribution in [2.75, 3.05) is 30.9 Å². The number of benzene rings is 1. The number of carbonyl (C=O) groups is 1. The molecule has 39 heavy (non-hydrogen) atoms. The lowest BCUT2D eigenvalue weighted by molar-refractivity contribution is -0.128. The third-order valence-electron chi connectivity index (χ3n) is 5.77. The SMILES string of the molecule is C=C/C=C(\N=C)C(=O)N1CCN(C(=C)c2ccc(NS(=O)(=O)/C(C=C)=C(\N=CC)C(=C)C=C)c(OI)c2)CC1. The Bertz CT molecular complexity index is 1380. The number of nitrogens with one attached hydrogen (secondary N) is 1. The third kappa shape index (κ3) is 7.67. The molecule has 9 nitrogen and oxygen atoms in total. The highest BCUT2D eigenvalue weighted by Crippen LogP contribution is 2.33. The van der Waals surface area contributed by atoms with E-state index in [9.17, 15) is 13.2 Å². The Balaban J connectivity index is 2.27. The van der Waals surface area contributed by atoms with E-state index in [0.29, 0.717) is 37.4 Å². The largest absolute Gasteiger partial charge is 0.425 e. The molecule has 1 saturated heterocycles. The van der Waals surface area contributed by atoms with E-state index in [4.69, 9.17) is 3.07 Å². The molecule has 1 heterocycles. The third-order valence-corrected chi connectivity index (χ3v) is 7.68. The summed E-state index contributed by atoms with van der Waals surface area (Å²) in [5, 5.41) is 0. The summed E-state index contributed by atoms with van der Waals surface area (Å²) in [6, 6.07) is 5.04. The Kier molecular flexibility index (Phi) is 11.7. The van der Waals surface area contributed by atoms with E-state index in [1.54, 1.807) is 53.0 Å². The molecule has 1 aromatic carbocycles. The smallest absolute Gasteiger partial charge is 0.272 e. The molecule has 0 unspecified atom stereocenters. The second-order valence-electron chi connectivity index (χ2n) is 8.10. The van der Waals surface area contributed by atoms with Gasteiger partial charge in [-0.1, -0.05) is 51.1 Å². The van der Waals surface area contributed by atoms with Gasteiger partial charge in [0.05, 0.1) is 11.4 Å². The van der Waals surface area contributed by atoms with E-state index in [2.05, 4.69) is 54.3 Å². The van der Waals surface area contributed by atoms with E-state index in [0.717, 1.165) is 5.56 Å². The summed E-state index contributed by atoms with van der Waals surface area (Å²) in [7, 11) is -4.10. The summed E-state index contributed by atoms with van der Waals surface area (Å²) in [6.45, 7) is 26.1. The Hall–Kier alpha value is -3.71. The van der Waals surface area contributed by atoms with Crippen LogP contribution in [0.15, 0.2) is 107 Å². The van der Waals surface area contributed by atoms with E-state index in [-0.39, 0.29) is 33.6 Å². The first-order chi connectivity index (χ1) is 18.6. The predicted molar refractivity (Wildman–Crippen MR) is 169 cm³/mol. The zero-order chi connectivity index (χ0) is 29.2. The van der Waals surface area contributed by atoms with Crippen LogP contribution in [0.1, 0.15) is 12.5 Å². The first-order valence-corrected chi connectivity index (χ1v) is 14.1. The summed E-state index contributed by atoms with van der Waals surface area (Å²) >= 11 is 1.69. The minimum atomic E-state index is -4.10. The number of carbonyl (C=O) groups excluding carboxylic acids is 1. The standard InChI is InChI=1S/C28H32IN5O4S/c1-8-12-24(30-7)28(35)34-17-15-33(16-18-34)21(6)22-13-14-23(25(19-22)38-29)32-39(36,37)26(10-3)27(31-11-4)20(5)9-2/h8-14,19,32H,1-3,5-7,15-18H2,4H3/b24-12-,27-26-,31-11?. The summed E-state index contributed by atoms with van der Waals surface area (Å²) in [5.74, 6) is 0.0826. The lowest BCUT2D eigenvalue weighted by Crippen LogP contribution is -2.48. The molecular formula is C28H32IN5O4S. The van der Waals surface area contributed by atoms with Crippen molar-refractivity contribution in [1.29, 1.82) is 0 Å². The molecular weight excluding hydrogens is 629 g/mol. The van der Waals surface area contributed by atoms with E-state index in [1.807, 2.05) is 4.90 Å². The molecule has 1 aromatic rings. The minimum Gasteiger partial charge on any atom is -0.425 e. The van der Waals surface area contributed by atoms with Gasteiger partial charge in [-0.3, -0.25) is 19.5 Å². The van der Waals surface area contributed by atoms with Gasteiger partial charge in [-0.2, -0.15) is 0 Å². The molecule has 1 aliphatic heterocycles. The van der Waals surface area contributed by atoms with Gasteiger partial charge >= 0.3 is 0 Å². The van der Waals surface area contributed by atoms with Gasteiger partial charge in [-0.25, -0.2) is 8.42 Å². The zero-order valence-corrected chi connectivity index (χ0v) is 24.9. The van der Waals surface area contributed by atoms with Crippen LogP contribution in [0, 0.1) is 0 Å². The maximum atomic E-state index is 13.3. The molecule has 0 aliphatic carbocycles. The lowest BCUT2D eigenvalue weighted by Gasteiger charge is -2.37. The zero-order valence-electron chi connectivity index (χ0n) is 21.9. The van der Waals surface area contributed by atoms with Crippen LogP contribution in [0.25, 0.3) is 5.70 Å². The topological polar surface area (TPSA) is 104 Å². The fourth-order valence-electron chi connectivity index (χ4n) is 3.74. The Labute approximate surface area is 244 Å². The molecule has 1 fully saturated rings. The molecule has 0 aromatic heterocycles. The number of aliphatic imine (C=N–C) groups is 2. The molecule has 1 amide bonds. The van der Waals surface area contributed by atoms with Crippen molar-refractivity contribution < 1.29 is 16.3 Å². The number of piperazine rings is 1. The van der Waals surface area contributed by atoms with Crippen molar-refractivity contribution in [3.05, 3.63) is 103 Å². The Morgan fingerprint density at radius 1 is 1.10 bits per heavy atom. The average molecular weight is 662 g/mol. The van der Waals surface area contributed by atoms with Crippen LogP contribution in [0.4, 0.5) is 5.69 Å². The van der Waals surface area contributed by atoms with Crippen molar-refractivity contribution in [3.63, 3.8) is 0 Å². The van der Waals surface area contributed by atoms with Crippen LogP contribution < -0.4 is 7.79 Å². The average Bonchev–Trinajstić information content (AvgIpc) is 2.94. The van der Waals surface area contributed by atoms with Gasteiger partial charge in [0.25, 0.3) is 15.9 Å². The second-order valence-corrected chi connectivity index (χ2v) is 10.2. The first-order valence-electron chi connectivity index (χ1n) is 11.7. The summed E-state index contributed by atoms with van der Waals surface area (Å²) in [5.41, 5.74) is 2.38. The Morgan fingerprint density at radius 3 is 2.26 bits per heavy atom.